The van der Waals surface area contributed by atoms with Crippen molar-refractivity contribution >= 4 is 22.4 Å². The van der Waals surface area contributed by atoms with Crippen LogP contribution in [0.4, 0.5) is 5.13 Å². The molecule has 2 aromatic heterocycles. The van der Waals surface area contributed by atoms with Crippen molar-refractivity contribution in [2.45, 2.75) is 20.3 Å². The van der Waals surface area contributed by atoms with Crippen LogP contribution in [0.1, 0.15) is 28.2 Å². The number of hydrogen-bond acceptors (Lipinski definition) is 8. The molecule has 102 valence electrons. The zero-order valence-corrected chi connectivity index (χ0v) is 11.5. The predicted molar refractivity (Wildman–Crippen MR) is 69.3 cm³/mol. The molecule has 0 fully saturated rings. The molecule has 0 saturated heterocycles. The molecule has 2 aromatic rings. The van der Waals surface area contributed by atoms with Crippen LogP contribution in [0.5, 0.6) is 0 Å². The largest absolute Gasteiger partial charge is 0.461 e. The van der Waals surface area contributed by atoms with Crippen LogP contribution >= 0.6 is 11.3 Å². The molecule has 0 aromatic carbocycles. The highest BCUT2D eigenvalue weighted by Crippen LogP contribution is 2.22. The SMILES string of the molecule is CCOC(=O)c1nc(NCCc2ncno2)sc1C. The van der Waals surface area contributed by atoms with Crippen molar-refractivity contribution in [1.82, 2.24) is 15.1 Å². The zero-order valence-electron chi connectivity index (χ0n) is 10.7. The lowest BCUT2D eigenvalue weighted by Crippen LogP contribution is -2.08. The smallest absolute Gasteiger partial charge is 0.358 e. The van der Waals surface area contributed by atoms with Gasteiger partial charge in [0.05, 0.1) is 6.61 Å². The quantitative estimate of drug-likeness (QED) is 0.806. The molecular weight excluding hydrogens is 268 g/mol. The number of hydrogen-bond donors (Lipinski definition) is 1. The number of rotatable bonds is 6. The molecule has 0 aliphatic carbocycles. The fraction of sp³-hybridized carbons (Fsp3) is 0.455. The van der Waals surface area contributed by atoms with E-state index in [9.17, 15) is 4.79 Å². The summed E-state index contributed by atoms with van der Waals surface area (Å²) < 4.78 is 9.81. The molecule has 0 spiro atoms. The van der Waals surface area contributed by atoms with E-state index in [1.165, 1.54) is 17.7 Å². The van der Waals surface area contributed by atoms with E-state index in [0.717, 1.165) is 4.88 Å². The summed E-state index contributed by atoms with van der Waals surface area (Å²) in [6, 6.07) is 0. The number of nitrogens with zero attached hydrogens (tertiary/aromatic N) is 3. The molecule has 0 atom stereocenters. The number of thiazole rings is 1. The van der Waals surface area contributed by atoms with Gasteiger partial charge in [0.15, 0.2) is 17.2 Å². The van der Waals surface area contributed by atoms with Crippen LogP contribution in [-0.4, -0.2) is 34.2 Å². The molecule has 8 heteroatoms. The maximum absolute atomic E-state index is 11.6. The monoisotopic (exact) mass is 282 g/mol. The van der Waals surface area contributed by atoms with E-state index in [1.54, 1.807) is 6.92 Å². The third-order valence-corrected chi connectivity index (χ3v) is 3.22. The number of aromatic nitrogens is 3. The van der Waals surface area contributed by atoms with Crippen LogP contribution in [-0.2, 0) is 11.2 Å². The Labute approximate surface area is 114 Å². The van der Waals surface area contributed by atoms with Gasteiger partial charge in [0.25, 0.3) is 0 Å². The van der Waals surface area contributed by atoms with E-state index in [2.05, 4.69) is 20.4 Å². The van der Waals surface area contributed by atoms with Gasteiger partial charge in [-0.2, -0.15) is 4.98 Å². The number of ether oxygens (including phenoxy) is 1. The summed E-state index contributed by atoms with van der Waals surface area (Å²) in [4.78, 5) is 20.6. The number of aryl methyl sites for hydroxylation is 1. The zero-order chi connectivity index (χ0) is 13.7. The van der Waals surface area contributed by atoms with Crippen molar-refractivity contribution in [1.29, 1.82) is 0 Å². The summed E-state index contributed by atoms with van der Waals surface area (Å²) >= 11 is 1.42. The van der Waals surface area contributed by atoms with Crippen molar-refractivity contribution in [2.24, 2.45) is 0 Å². The summed E-state index contributed by atoms with van der Waals surface area (Å²) in [5.74, 6) is 0.174. The standard InChI is InChI=1S/C11H14N4O3S/c1-3-17-10(16)9-7(2)19-11(15-9)12-5-4-8-13-6-14-18-8/h6H,3-5H2,1-2H3,(H,12,15). The number of carbonyl (C=O) groups is 1. The second-order valence-electron chi connectivity index (χ2n) is 3.66. The maximum atomic E-state index is 11.6. The first kappa shape index (κ1) is 13.5. The molecule has 1 N–H and O–H groups in total. The highest BCUT2D eigenvalue weighted by atomic mass is 32.1. The van der Waals surface area contributed by atoms with Crippen molar-refractivity contribution in [3.63, 3.8) is 0 Å². The maximum Gasteiger partial charge on any atom is 0.358 e. The van der Waals surface area contributed by atoms with Crippen LogP contribution in [0.15, 0.2) is 10.9 Å². The van der Waals surface area contributed by atoms with Gasteiger partial charge in [0.2, 0.25) is 5.89 Å². The Balaban J connectivity index is 1.90. The van der Waals surface area contributed by atoms with E-state index in [1.807, 2.05) is 6.92 Å². The Bertz CT molecular complexity index is 538. The van der Waals surface area contributed by atoms with Gasteiger partial charge in [0, 0.05) is 17.8 Å². The molecular formula is C11H14N4O3S. The molecule has 19 heavy (non-hydrogen) atoms. The van der Waals surface area contributed by atoms with Crippen molar-refractivity contribution < 1.29 is 14.1 Å². The lowest BCUT2D eigenvalue weighted by molar-refractivity contribution is 0.0519. The Morgan fingerprint density at radius 1 is 1.58 bits per heavy atom. The van der Waals surface area contributed by atoms with E-state index in [4.69, 9.17) is 9.26 Å². The van der Waals surface area contributed by atoms with Crippen molar-refractivity contribution in [3.8, 4) is 0 Å². The van der Waals surface area contributed by atoms with Gasteiger partial charge in [0.1, 0.15) is 0 Å². The Morgan fingerprint density at radius 3 is 3.11 bits per heavy atom. The predicted octanol–water partition coefficient (Wildman–Crippen LogP) is 1.67. The highest BCUT2D eigenvalue weighted by molar-refractivity contribution is 7.15. The third kappa shape index (κ3) is 3.50. The van der Waals surface area contributed by atoms with E-state index in [-0.39, 0.29) is 5.97 Å². The molecule has 0 radical (unpaired) electrons. The van der Waals surface area contributed by atoms with E-state index in [0.29, 0.717) is 36.3 Å². The summed E-state index contributed by atoms with van der Waals surface area (Å²) in [7, 11) is 0. The van der Waals surface area contributed by atoms with Gasteiger partial charge in [-0.15, -0.1) is 11.3 Å². The first-order valence-corrected chi connectivity index (χ1v) is 6.66. The van der Waals surface area contributed by atoms with Crippen molar-refractivity contribution in [3.05, 3.63) is 22.8 Å². The second-order valence-corrected chi connectivity index (χ2v) is 4.86. The van der Waals surface area contributed by atoms with Crippen LogP contribution in [0, 0.1) is 6.92 Å². The summed E-state index contributed by atoms with van der Waals surface area (Å²) in [5.41, 5.74) is 0.368. The van der Waals surface area contributed by atoms with Gasteiger partial charge < -0.3 is 14.6 Å². The van der Waals surface area contributed by atoms with Crippen LogP contribution in [0.25, 0.3) is 0 Å². The Hall–Kier alpha value is -1.96. The lowest BCUT2D eigenvalue weighted by atomic mass is 10.4. The van der Waals surface area contributed by atoms with Crippen LogP contribution < -0.4 is 5.32 Å². The Kier molecular flexibility index (Phi) is 4.45. The summed E-state index contributed by atoms with van der Waals surface area (Å²) in [6.45, 7) is 4.56. The summed E-state index contributed by atoms with van der Waals surface area (Å²) in [6.07, 6.45) is 1.97. The molecule has 2 rings (SSSR count). The minimum absolute atomic E-state index is 0.343. The van der Waals surface area contributed by atoms with Gasteiger partial charge in [-0.05, 0) is 13.8 Å². The van der Waals surface area contributed by atoms with Gasteiger partial charge in [-0.1, -0.05) is 5.16 Å². The average Bonchev–Trinajstić information content (AvgIpc) is 2.99. The second kappa shape index (κ2) is 6.28. The molecule has 2 heterocycles. The minimum Gasteiger partial charge on any atom is -0.461 e. The first-order valence-electron chi connectivity index (χ1n) is 5.84. The van der Waals surface area contributed by atoms with Crippen molar-refractivity contribution in [2.75, 3.05) is 18.5 Å². The van der Waals surface area contributed by atoms with Crippen LogP contribution in [0.3, 0.4) is 0 Å². The normalized spacial score (nSPS) is 10.4. The number of anilines is 1. The van der Waals surface area contributed by atoms with Gasteiger partial charge >= 0.3 is 5.97 Å². The van der Waals surface area contributed by atoms with E-state index >= 15 is 0 Å². The number of esters is 1. The fourth-order valence-corrected chi connectivity index (χ4v) is 2.27. The van der Waals surface area contributed by atoms with E-state index < -0.39 is 0 Å². The summed E-state index contributed by atoms with van der Waals surface area (Å²) in [5, 5.41) is 7.32. The highest BCUT2D eigenvalue weighted by Gasteiger charge is 2.16. The topological polar surface area (TPSA) is 90.1 Å². The number of carbonyl (C=O) groups excluding carboxylic acids is 1. The minimum atomic E-state index is -0.388. The third-order valence-electron chi connectivity index (χ3n) is 2.29. The van der Waals surface area contributed by atoms with Crippen LogP contribution in [0.2, 0.25) is 0 Å². The molecule has 0 aliphatic heterocycles. The average molecular weight is 282 g/mol. The molecule has 0 bridgehead atoms. The van der Waals surface area contributed by atoms with Gasteiger partial charge in [-0.3, -0.25) is 0 Å². The lowest BCUT2D eigenvalue weighted by Gasteiger charge is -1.99. The Morgan fingerprint density at radius 2 is 2.42 bits per heavy atom. The molecule has 0 saturated carbocycles. The molecule has 7 nitrogen and oxygen atoms in total. The molecule has 0 unspecified atom stereocenters. The molecule has 0 aliphatic rings. The molecule has 0 amide bonds. The first-order chi connectivity index (χ1) is 9.20. The number of nitrogens with one attached hydrogen (secondary N) is 1. The van der Waals surface area contributed by atoms with Gasteiger partial charge in [-0.25, -0.2) is 9.78 Å². The fourth-order valence-electron chi connectivity index (χ4n) is 1.44.